The smallest absolute Gasteiger partial charge is 0.0766 e. The topological polar surface area (TPSA) is 52.5 Å². The summed E-state index contributed by atoms with van der Waals surface area (Å²) >= 11 is 0. The van der Waals surface area contributed by atoms with E-state index >= 15 is 0 Å². The van der Waals surface area contributed by atoms with E-state index in [2.05, 4.69) is 5.32 Å². The zero-order valence-corrected chi connectivity index (χ0v) is 10.1. The minimum atomic E-state index is -0.606. The molecular formula is C12H25NO2. The van der Waals surface area contributed by atoms with Crippen LogP contribution in [0.5, 0.6) is 0 Å². The Labute approximate surface area is 92.9 Å². The first-order valence-corrected chi connectivity index (χ1v) is 6.18. The summed E-state index contributed by atoms with van der Waals surface area (Å²) in [4.78, 5) is 0. The van der Waals surface area contributed by atoms with Crippen LogP contribution in [0.3, 0.4) is 0 Å². The Balaban J connectivity index is 2.46. The zero-order chi connectivity index (χ0) is 11.4. The lowest BCUT2D eigenvalue weighted by molar-refractivity contribution is 0.0188. The van der Waals surface area contributed by atoms with E-state index < -0.39 is 5.60 Å². The molecule has 3 N–H and O–H groups in total. The van der Waals surface area contributed by atoms with Crippen LogP contribution >= 0.6 is 0 Å². The van der Waals surface area contributed by atoms with Crippen molar-refractivity contribution in [1.29, 1.82) is 0 Å². The molecule has 0 spiro atoms. The minimum absolute atomic E-state index is 0.113. The molecule has 0 saturated heterocycles. The second-order valence-electron chi connectivity index (χ2n) is 4.93. The maximum absolute atomic E-state index is 10.2. The van der Waals surface area contributed by atoms with E-state index in [0.29, 0.717) is 6.54 Å². The van der Waals surface area contributed by atoms with Gasteiger partial charge >= 0.3 is 0 Å². The number of aliphatic hydroxyl groups is 2. The van der Waals surface area contributed by atoms with Gasteiger partial charge < -0.3 is 15.5 Å². The molecule has 3 nitrogen and oxygen atoms in total. The van der Waals surface area contributed by atoms with Crippen molar-refractivity contribution in [2.75, 3.05) is 13.2 Å². The van der Waals surface area contributed by atoms with Crippen LogP contribution in [0.1, 0.15) is 52.4 Å². The largest absolute Gasteiger partial charge is 0.394 e. The maximum atomic E-state index is 10.2. The monoisotopic (exact) mass is 215 g/mol. The molecule has 1 fully saturated rings. The van der Waals surface area contributed by atoms with Crippen LogP contribution in [0, 0.1) is 0 Å². The van der Waals surface area contributed by atoms with Crippen molar-refractivity contribution >= 4 is 0 Å². The molecule has 3 heteroatoms. The minimum Gasteiger partial charge on any atom is -0.394 e. The second-order valence-corrected chi connectivity index (χ2v) is 4.93. The van der Waals surface area contributed by atoms with Gasteiger partial charge in [0.1, 0.15) is 0 Å². The van der Waals surface area contributed by atoms with Gasteiger partial charge in [-0.1, -0.05) is 26.7 Å². The van der Waals surface area contributed by atoms with Crippen LogP contribution in [-0.4, -0.2) is 34.5 Å². The number of aliphatic hydroxyl groups excluding tert-OH is 1. The summed E-state index contributed by atoms with van der Waals surface area (Å²) in [7, 11) is 0. The number of hydrogen-bond donors (Lipinski definition) is 3. The van der Waals surface area contributed by atoms with Crippen LogP contribution in [0.15, 0.2) is 0 Å². The Bertz CT molecular complexity index is 184. The summed E-state index contributed by atoms with van der Waals surface area (Å²) in [6.45, 7) is 4.80. The molecule has 1 aliphatic carbocycles. The van der Waals surface area contributed by atoms with Crippen molar-refractivity contribution in [3.8, 4) is 0 Å². The molecule has 0 aromatic carbocycles. The van der Waals surface area contributed by atoms with E-state index in [0.717, 1.165) is 25.7 Å². The first-order chi connectivity index (χ1) is 7.10. The Morgan fingerprint density at radius 1 is 1.20 bits per heavy atom. The molecule has 90 valence electrons. The average molecular weight is 215 g/mol. The Morgan fingerprint density at radius 3 is 2.13 bits per heavy atom. The summed E-state index contributed by atoms with van der Waals surface area (Å²) < 4.78 is 0. The molecular weight excluding hydrogens is 190 g/mol. The van der Waals surface area contributed by atoms with E-state index in [1.54, 1.807) is 0 Å². The quantitative estimate of drug-likeness (QED) is 0.628. The molecule has 0 radical (unpaired) electrons. The fourth-order valence-corrected chi connectivity index (χ4v) is 2.29. The van der Waals surface area contributed by atoms with Crippen molar-refractivity contribution in [2.24, 2.45) is 0 Å². The molecule has 0 aromatic rings. The van der Waals surface area contributed by atoms with Crippen LogP contribution in [0.25, 0.3) is 0 Å². The van der Waals surface area contributed by atoms with Crippen molar-refractivity contribution in [3.05, 3.63) is 0 Å². The van der Waals surface area contributed by atoms with E-state index in [-0.39, 0.29) is 12.1 Å². The van der Waals surface area contributed by atoms with Crippen LogP contribution in [0.4, 0.5) is 0 Å². The highest BCUT2D eigenvalue weighted by Crippen LogP contribution is 2.29. The third-order valence-electron chi connectivity index (χ3n) is 3.97. The average Bonchev–Trinajstić information content (AvgIpc) is 2.75. The van der Waals surface area contributed by atoms with Gasteiger partial charge in [-0.15, -0.1) is 0 Å². The predicted molar refractivity (Wildman–Crippen MR) is 61.8 cm³/mol. The van der Waals surface area contributed by atoms with Gasteiger partial charge in [0.15, 0.2) is 0 Å². The van der Waals surface area contributed by atoms with Gasteiger partial charge in [-0.2, -0.15) is 0 Å². The molecule has 0 atom stereocenters. The molecule has 0 heterocycles. The normalized spacial score (nSPS) is 20.8. The number of nitrogens with one attached hydrogen (secondary N) is 1. The summed E-state index contributed by atoms with van der Waals surface area (Å²) in [5, 5.41) is 23.0. The van der Waals surface area contributed by atoms with Crippen molar-refractivity contribution in [1.82, 2.24) is 5.32 Å². The summed E-state index contributed by atoms with van der Waals surface area (Å²) in [5.41, 5.74) is -0.719. The van der Waals surface area contributed by atoms with Crippen LogP contribution < -0.4 is 5.32 Å². The third-order valence-corrected chi connectivity index (χ3v) is 3.97. The Kier molecular flexibility index (Phi) is 4.56. The maximum Gasteiger partial charge on any atom is 0.0766 e. The highest BCUT2D eigenvalue weighted by Gasteiger charge is 2.35. The molecule has 0 bridgehead atoms. The molecule has 0 aliphatic heterocycles. The fraction of sp³-hybridized carbons (Fsp3) is 1.00. The van der Waals surface area contributed by atoms with Gasteiger partial charge in [-0.05, 0) is 25.7 Å². The lowest BCUT2D eigenvalue weighted by atomic mass is 9.93. The standard InChI is InChI=1S/C12H25NO2/c1-3-12(15,4-2)9-13-11(10-14)7-5-6-8-11/h13-15H,3-10H2,1-2H3. The third kappa shape index (κ3) is 3.16. The van der Waals surface area contributed by atoms with Crippen LogP contribution in [0.2, 0.25) is 0 Å². The highest BCUT2D eigenvalue weighted by molar-refractivity contribution is 4.94. The summed E-state index contributed by atoms with van der Waals surface area (Å²) in [6.07, 6.45) is 5.96. The molecule has 1 saturated carbocycles. The molecule has 0 aromatic heterocycles. The van der Waals surface area contributed by atoms with Gasteiger partial charge in [-0.25, -0.2) is 0 Å². The van der Waals surface area contributed by atoms with Gasteiger partial charge in [0.25, 0.3) is 0 Å². The molecule has 0 unspecified atom stereocenters. The molecule has 1 rings (SSSR count). The van der Waals surface area contributed by atoms with Crippen molar-refractivity contribution in [2.45, 2.75) is 63.5 Å². The zero-order valence-electron chi connectivity index (χ0n) is 10.1. The van der Waals surface area contributed by atoms with E-state index in [1.807, 2.05) is 13.8 Å². The Morgan fingerprint density at radius 2 is 1.73 bits per heavy atom. The number of β-amino-alcohol motifs (C(OH)–C–C–N with tert-alkyl or cyclic N) is 1. The van der Waals surface area contributed by atoms with Crippen molar-refractivity contribution in [3.63, 3.8) is 0 Å². The molecule has 15 heavy (non-hydrogen) atoms. The predicted octanol–water partition coefficient (Wildman–Crippen LogP) is 1.43. The summed E-state index contributed by atoms with van der Waals surface area (Å²) in [6, 6.07) is 0. The number of rotatable bonds is 6. The van der Waals surface area contributed by atoms with Gasteiger partial charge in [-0.3, -0.25) is 0 Å². The fourth-order valence-electron chi connectivity index (χ4n) is 2.29. The lowest BCUT2D eigenvalue weighted by Crippen LogP contribution is -2.52. The highest BCUT2D eigenvalue weighted by atomic mass is 16.3. The molecule has 0 amide bonds. The lowest BCUT2D eigenvalue weighted by Gasteiger charge is -2.34. The Hall–Kier alpha value is -0.120. The SMILES string of the molecule is CCC(O)(CC)CNC1(CO)CCCC1. The first kappa shape index (κ1) is 12.9. The number of hydrogen-bond acceptors (Lipinski definition) is 3. The van der Waals surface area contributed by atoms with Crippen molar-refractivity contribution < 1.29 is 10.2 Å². The molecule has 1 aliphatic rings. The van der Waals surface area contributed by atoms with Gasteiger partial charge in [0.2, 0.25) is 0 Å². The summed E-state index contributed by atoms with van der Waals surface area (Å²) in [5.74, 6) is 0. The van der Waals surface area contributed by atoms with Gasteiger partial charge in [0, 0.05) is 12.1 Å². The van der Waals surface area contributed by atoms with E-state index in [4.69, 9.17) is 0 Å². The van der Waals surface area contributed by atoms with Gasteiger partial charge in [0.05, 0.1) is 12.2 Å². The van der Waals surface area contributed by atoms with Crippen LogP contribution in [-0.2, 0) is 0 Å². The van der Waals surface area contributed by atoms with E-state index in [9.17, 15) is 10.2 Å². The second kappa shape index (κ2) is 5.28. The van der Waals surface area contributed by atoms with E-state index in [1.165, 1.54) is 12.8 Å². The first-order valence-electron chi connectivity index (χ1n) is 6.18.